The first-order valence-electron chi connectivity index (χ1n) is 7.74. The smallest absolute Gasteiger partial charge is 0.197 e. The Morgan fingerprint density at radius 3 is 2.83 bits per heavy atom. The van der Waals surface area contributed by atoms with Crippen LogP contribution in [0.25, 0.3) is 11.0 Å². The summed E-state index contributed by atoms with van der Waals surface area (Å²) in [6, 6.07) is 5.52. The summed E-state index contributed by atoms with van der Waals surface area (Å²) < 4.78 is 23.4. The Labute approximate surface area is 143 Å². The van der Waals surface area contributed by atoms with Gasteiger partial charge in [-0.25, -0.2) is 4.98 Å². The standard InChI is InChI=1S/C17H21N3O3S/c1-10-8-18-15(11(2)16(10)23-4)9-24(21)17-19-13-6-5-12(22-3)7-14(13)20-17/h5-7,10H,8-9H2,1-4H3,(H,19,20). The number of dihydropyridines is 1. The topological polar surface area (TPSA) is 76.6 Å². The quantitative estimate of drug-likeness (QED) is 0.902. The summed E-state index contributed by atoms with van der Waals surface area (Å²) in [5, 5.41) is 0.450. The number of hydrogen-bond acceptors (Lipinski definition) is 5. The van der Waals surface area contributed by atoms with Crippen molar-refractivity contribution in [2.24, 2.45) is 10.9 Å². The first-order valence-corrected chi connectivity index (χ1v) is 9.06. The van der Waals surface area contributed by atoms with Crippen molar-refractivity contribution in [1.29, 1.82) is 0 Å². The summed E-state index contributed by atoms with van der Waals surface area (Å²) in [6.07, 6.45) is 0. The summed E-state index contributed by atoms with van der Waals surface area (Å²) in [7, 11) is 1.98. The average molecular weight is 347 g/mol. The van der Waals surface area contributed by atoms with E-state index >= 15 is 0 Å². The van der Waals surface area contributed by atoms with Crippen LogP contribution in [0.3, 0.4) is 0 Å². The first kappa shape index (κ1) is 16.7. The van der Waals surface area contributed by atoms with Crippen molar-refractivity contribution in [3.8, 4) is 5.75 Å². The summed E-state index contributed by atoms with van der Waals surface area (Å²) in [6.45, 7) is 4.70. The molecule has 1 aliphatic heterocycles. The van der Waals surface area contributed by atoms with E-state index in [0.717, 1.165) is 33.8 Å². The van der Waals surface area contributed by atoms with Crippen LogP contribution in [0.1, 0.15) is 13.8 Å². The fraction of sp³-hybridized carbons (Fsp3) is 0.412. The number of nitrogens with one attached hydrogen (secondary N) is 1. The zero-order chi connectivity index (χ0) is 17.3. The molecule has 0 radical (unpaired) electrons. The second-order valence-electron chi connectivity index (χ2n) is 5.80. The SMILES string of the molecule is COC1=C(C)C(CS(=O)c2nc3ccc(OC)cc3[nH]2)=NCC1C. The van der Waals surface area contributed by atoms with Crippen molar-refractivity contribution in [3.05, 3.63) is 29.5 Å². The molecule has 1 N–H and O–H groups in total. The second kappa shape index (κ2) is 6.76. The number of aromatic amines is 1. The van der Waals surface area contributed by atoms with Crippen molar-refractivity contribution in [2.75, 3.05) is 26.5 Å². The van der Waals surface area contributed by atoms with Gasteiger partial charge in [-0.05, 0) is 19.1 Å². The molecule has 0 amide bonds. The summed E-state index contributed by atoms with van der Waals surface area (Å²) >= 11 is 0. The molecule has 6 nitrogen and oxygen atoms in total. The van der Waals surface area contributed by atoms with Crippen LogP contribution in [-0.2, 0) is 15.5 Å². The average Bonchev–Trinajstić information content (AvgIpc) is 3.01. The molecule has 24 heavy (non-hydrogen) atoms. The predicted octanol–water partition coefficient (Wildman–Crippen LogP) is 2.69. The lowest BCUT2D eigenvalue weighted by atomic mass is 9.99. The number of hydrogen-bond donors (Lipinski definition) is 1. The summed E-state index contributed by atoms with van der Waals surface area (Å²) in [5.41, 5.74) is 3.37. The highest BCUT2D eigenvalue weighted by Crippen LogP contribution is 2.24. The van der Waals surface area contributed by atoms with Crippen molar-refractivity contribution in [2.45, 2.75) is 19.0 Å². The molecule has 128 valence electrons. The van der Waals surface area contributed by atoms with Gasteiger partial charge in [0.1, 0.15) is 11.5 Å². The Balaban J connectivity index is 1.84. The van der Waals surface area contributed by atoms with Gasteiger partial charge in [-0.1, -0.05) is 6.92 Å². The number of ether oxygens (including phenoxy) is 2. The summed E-state index contributed by atoms with van der Waals surface area (Å²) in [4.78, 5) is 12.1. The lowest BCUT2D eigenvalue weighted by Gasteiger charge is -2.22. The number of nitrogens with zero attached hydrogens (tertiary/aromatic N) is 2. The molecule has 0 bridgehead atoms. The highest BCUT2D eigenvalue weighted by molar-refractivity contribution is 7.85. The molecule has 1 aromatic carbocycles. The van der Waals surface area contributed by atoms with Crippen molar-refractivity contribution in [1.82, 2.24) is 9.97 Å². The maximum atomic E-state index is 12.7. The Morgan fingerprint density at radius 2 is 2.12 bits per heavy atom. The van der Waals surface area contributed by atoms with E-state index in [4.69, 9.17) is 9.47 Å². The predicted molar refractivity (Wildman–Crippen MR) is 95.1 cm³/mol. The van der Waals surface area contributed by atoms with Gasteiger partial charge in [0.2, 0.25) is 0 Å². The molecule has 0 saturated carbocycles. The number of aromatic nitrogens is 2. The normalized spacial score (nSPS) is 19.3. The van der Waals surface area contributed by atoms with Crippen molar-refractivity contribution < 1.29 is 13.7 Å². The number of aliphatic imine (C=N–C) groups is 1. The van der Waals surface area contributed by atoms with Gasteiger partial charge in [0.25, 0.3) is 0 Å². The number of allylic oxidation sites excluding steroid dienone is 1. The van der Waals surface area contributed by atoms with E-state index in [-0.39, 0.29) is 5.92 Å². The van der Waals surface area contributed by atoms with Crippen LogP contribution in [0.5, 0.6) is 5.75 Å². The molecule has 0 aliphatic carbocycles. The third-order valence-electron chi connectivity index (χ3n) is 4.18. The van der Waals surface area contributed by atoms with Crippen molar-refractivity contribution in [3.63, 3.8) is 0 Å². The maximum Gasteiger partial charge on any atom is 0.197 e. The van der Waals surface area contributed by atoms with E-state index in [0.29, 0.717) is 17.5 Å². The van der Waals surface area contributed by atoms with Gasteiger partial charge in [-0.2, -0.15) is 0 Å². The molecule has 0 saturated heterocycles. The third kappa shape index (κ3) is 3.08. The third-order valence-corrected chi connectivity index (χ3v) is 5.34. The molecule has 1 aliphatic rings. The molecule has 0 fully saturated rings. The zero-order valence-corrected chi connectivity index (χ0v) is 15.1. The van der Waals surface area contributed by atoms with Crippen LogP contribution < -0.4 is 4.74 Å². The molecule has 2 aromatic rings. The number of benzene rings is 1. The fourth-order valence-electron chi connectivity index (χ4n) is 2.86. The van der Waals surface area contributed by atoms with Gasteiger partial charge in [0, 0.05) is 24.1 Å². The van der Waals surface area contributed by atoms with E-state index in [9.17, 15) is 4.21 Å². The number of rotatable bonds is 5. The van der Waals surface area contributed by atoms with Gasteiger partial charge >= 0.3 is 0 Å². The van der Waals surface area contributed by atoms with Gasteiger partial charge in [0.15, 0.2) is 5.16 Å². The molecular weight excluding hydrogens is 326 g/mol. The Bertz CT molecular complexity index is 854. The molecule has 0 spiro atoms. The molecule has 3 rings (SSSR count). The van der Waals surface area contributed by atoms with Crippen LogP contribution in [0.4, 0.5) is 0 Å². The molecule has 2 heterocycles. The molecule has 2 atom stereocenters. The largest absolute Gasteiger partial charge is 0.500 e. The van der Waals surface area contributed by atoms with Gasteiger partial charge in [-0.3, -0.25) is 9.20 Å². The van der Waals surface area contributed by atoms with E-state index in [1.54, 1.807) is 14.2 Å². The molecule has 2 unspecified atom stereocenters. The highest BCUT2D eigenvalue weighted by Gasteiger charge is 2.23. The van der Waals surface area contributed by atoms with Crippen molar-refractivity contribution >= 4 is 27.5 Å². The number of imidazole rings is 1. The maximum absolute atomic E-state index is 12.7. The minimum absolute atomic E-state index is 0.255. The lowest BCUT2D eigenvalue weighted by Crippen LogP contribution is -2.23. The number of H-pyrrole nitrogens is 1. The Kier molecular flexibility index (Phi) is 4.71. The minimum Gasteiger partial charge on any atom is -0.500 e. The Hall–Kier alpha value is -2.15. The molecular formula is C17H21N3O3S. The second-order valence-corrected chi connectivity index (χ2v) is 7.16. The van der Waals surface area contributed by atoms with Crippen LogP contribution >= 0.6 is 0 Å². The number of fused-ring (bicyclic) bond motifs is 1. The number of methoxy groups -OCH3 is 2. The zero-order valence-electron chi connectivity index (χ0n) is 14.3. The molecule has 7 heteroatoms. The molecule has 1 aromatic heterocycles. The van der Waals surface area contributed by atoms with E-state index in [1.165, 1.54) is 0 Å². The van der Waals surface area contributed by atoms with Crippen LogP contribution in [-0.4, -0.2) is 46.4 Å². The van der Waals surface area contributed by atoms with E-state index in [1.807, 2.05) is 25.1 Å². The van der Waals surface area contributed by atoms with Gasteiger partial charge in [0.05, 0.1) is 47.5 Å². The summed E-state index contributed by atoms with van der Waals surface area (Å²) in [5.74, 6) is 2.23. The van der Waals surface area contributed by atoms with E-state index < -0.39 is 10.8 Å². The first-order chi connectivity index (χ1) is 11.5. The monoisotopic (exact) mass is 347 g/mol. The fourth-order valence-corrected chi connectivity index (χ4v) is 3.98. The highest BCUT2D eigenvalue weighted by atomic mass is 32.2. The minimum atomic E-state index is -1.30. The lowest BCUT2D eigenvalue weighted by molar-refractivity contribution is 0.244. The van der Waals surface area contributed by atoms with E-state index in [2.05, 4.69) is 21.9 Å². The van der Waals surface area contributed by atoms with Gasteiger partial charge < -0.3 is 14.5 Å². The van der Waals surface area contributed by atoms with Crippen LogP contribution in [0.2, 0.25) is 0 Å². The van der Waals surface area contributed by atoms with Crippen LogP contribution in [0, 0.1) is 5.92 Å². The van der Waals surface area contributed by atoms with Crippen LogP contribution in [0.15, 0.2) is 39.7 Å². The van der Waals surface area contributed by atoms with Gasteiger partial charge in [-0.15, -0.1) is 0 Å². The Morgan fingerprint density at radius 1 is 1.33 bits per heavy atom.